The van der Waals surface area contributed by atoms with E-state index in [1.807, 2.05) is 11.0 Å². The van der Waals surface area contributed by atoms with E-state index in [-0.39, 0.29) is 22.5 Å². The van der Waals surface area contributed by atoms with Crippen molar-refractivity contribution in [2.24, 2.45) is 0 Å². The van der Waals surface area contributed by atoms with Gasteiger partial charge in [-0.25, -0.2) is 28.9 Å². The zero-order valence-electron chi connectivity index (χ0n) is 22.0. The molecule has 1 fully saturated rings. The van der Waals surface area contributed by atoms with Crippen molar-refractivity contribution in [3.63, 3.8) is 0 Å². The summed E-state index contributed by atoms with van der Waals surface area (Å²) in [5.41, 5.74) is 6.84. The lowest BCUT2D eigenvalue weighted by Crippen LogP contribution is -2.33. The second-order valence-corrected chi connectivity index (χ2v) is 12.4. The first kappa shape index (κ1) is 30.0. The third-order valence-electron chi connectivity index (χ3n) is 6.40. The molecule has 4 aromatic rings. The lowest BCUT2D eigenvalue weighted by Gasteiger charge is -2.21. The van der Waals surface area contributed by atoms with Gasteiger partial charge < -0.3 is 39.9 Å². The standard InChI is InChI=1S/C23H26N6O11P2/c1-28(2)15-8-4-5-12-13(15)6-3-7-14(12)23(32)39-42(36,40-41(33,34)35)37-9-16-18(30)19(31)22(38-16)29-11-27-17-20(24)25-10-26-21(17)29/h3-8,10-11,16,18-19,22,30-31H,9H2,1-2H3,(H2,24,25,26)(H2,33,34,35)/t16-,18-,19-,22-,42?/m1/s1. The number of ether oxygens (including phenoxy) is 1. The van der Waals surface area contributed by atoms with Gasteiger partial charge in [0.1, 0.15) is 30.2 Å². The van der Waals surface area contributed by atoms with Crippen molar-refractivity contribution in [3.05, 3.63) is 54.6 Å². The normalized spacial score (nSPS) is 22.3. The van der Waals surface area contributed by atoms with Crippen molar-refractivity contribution in [2.75, 3.05) is 31.3 Å². The van der Waals surface area contributed by atoms with E-state index in [1.54, 1.807) is 38.4 Å². The van der Waals surface area contributed by atoms with Crippen LogP contribution in [0.15, 0.2) is 49.1 Å². The molecule has 42 heavy (non-hydrogen) atoms. The number of phosphoric acid groups is 2. The molecule has 3 heterocycles. The minimum absolute atomic E-state index is 0.0631. The summed E-state index contributed by atoms with van der Waals surface area (Å²) in [6.45, 7) is -0.886. The highest BCUT2D eigenvalue weighted by atomic mass is 31.3. The van der Waals surface area contributed by atoms with E-state index < -0.39 is 52.8 Å². The van der Waals surface area contributed by atoms with Gasteiger partial charge in [0, 0.05) is 25.2 Å². The summed E-state index contributed by atoms with van der Waals surface area (Å²) in [6, 6.07) is 9.75. The molecule has 17 nitrogen and oxygen atoms in total. The first-order valence-electron chi connectivity index (χ1n) is 12.2. The molecular weight excluding hydrogens is 598 g/mol. The van der Waals surface area contributed by atoms with E-state index in [2.05, 4.69) is 19.3 Å². The SMILES string of the molecule is CN(C)c1cccc2c(C(=O)OP(=O)(OC[C@H]3O[C@@H](n4cnc5c(N)ncnc54)[C@H](O)[C@@H]3O)OP(=O)(O)O)cccc12. The van der Waals surface area contributed by atoms with Crippen molar-refractivity contribution in [1.82, 2.24) is 19.5 Å². The molecule has 2 aromatic heterocycles. The number of nitrogens with zero attached hydrogens (tertiary/aromatic N) is 5. The summed E-state index contributed by atoms with van der Waals surface area (Å²) < 4.78 is 46.2. The van der Waals surface area contributed by atoms with E-state index in [0.29, 0.717) is 10.8 Å². The first-order valence-corrected chi connectivity index (χ1v) is 15.2. The Morgan fingerprint density at radius 3 is 2.50 bits per heavy atom. The van der Waals surface area contributed by atoms with E-state index >= 15 is 0 Å². The van der Waals surface area contributed by atoms with Crippen LogP contribution in [0.5, 0.6) is 0 Å². The summed E-state index contributed by atoms with van der Waals surface area (Å²) in [4.78, 5) is 45.6. The number of fused-ring (bicyclic) bond motifs is 2. The van der Waals surface area contributed by atoms with Crippen LogP contribution in [0.25, 0.3) is 21.9 Å². The van der Waals surface area contributed by atoms with Gasteiger partial charge in [-0.05, 0) is 17.5 Å². The van der Waals surface area contributed by atoms with E-state index in [1.165, 1.54) is 17.0 Å². The highest BCUT2D eigenvalue weighted by molar-refractivity contribution is 7.61. The van der Waals surface area contributed by atoms with Gasteiger partial charge in [-0.1, -0.05) is 24.3 Å². The zero-order chi connectivity index (χ0) is 30.4. The topological polar surface area (TPSA) is 242 Å². The van der Waals surface area contributed by atoms with Crippen LogP contribution in [0.1, 0.15) is 16.6 Å². The van der Waals surface area contributed by atoms with Crippen LogP contribution in [0, 0.1) is 0 Å². The van der Waals surface area contributed by atoms with Crippen LogP contribution in [-0.2, 0) is 27.2 Å². The molecule has 1 aliphatic heterocycles. The Labute approximate surface area is 237 Å². The number of nitrogens with two attached hydrogens (primary N) is 1. The minimum Gasteiger partial charge on any atom is -0.387 e. The van der Waals surface area contributed by atoms with Gasteiger partial charge in [0.05, 0.1) is 18.5 Å². The molecule has 0 bridgehead atoms. The number of aliphatic hydroxyl groups is 2. The molecule has 1 aliphatic rings. The van der Waals surface area contributed by atoms with Crippen LogP contribution in [0.2, 0.25) is 0 Å². The summed E-state index contributed by atoms with van der Waals surface area (Å²) in [5, 5.41) is 22.3. The van der Waals surface area contributed by atoms with Gasteiger partial charge in [-0.2, -0.15) is 4.31 Å². The molecule has 6 N–H and O–H groups in total. The molecule has 2 aromatic carbocycles. The number of nitrogen functional groups attached to an aromatic ring is 1. The zero-order valence-corrected chi connectivity index (χ0v) is 23.8. The maximum Gasteiger partial charge on any atom is 0.541 e. The van der Waals surface area contributed by atoms with Crippen molar-refractivity contribution >= 4 is 55.1 Å². The quantitative estimate of drug-likeness (QED) is 0.165. The van der Waals surface area contributed by atoms with E-state index in [0.717, 1.165) is 12.0 Å². The number of benzene rings is 2. The van der Waals surface area contributed by atoms with Crippen molar-refractivity contribution in [1.29, 1.82) is 0 Å². The Balaban J connectivity index is 1.37. The van der Waals surface area contributed by atoms with Gasteiger partial charge in [-0.3, -0.25) is 9.09 Å². The van der Waals surface area contributed by atoms with Gasteiger partial charge >= 0.3 is 21.6 Å². The van der Waals surface area contributed by atoms with Crippen molar-refractivity contribution in [3.8, 4) is 0 Å². The third-order valence-corrected chi connectivity index (χ3v) is 8.90. The molecule has 0 saturated carbocycles. The number of imidazole rings is 1. The fourth-order valence-electron chi connectivity index (χ4n) is 4.53. The van der Waals surface area contributed by atoms with Crippen molar-refractivity contribution in [2.45, 2.75) is 24.5 Å². The summed E-state index contributed by atoms with van der Waals surface area (Å²) >= 11 is 0. The third kappa shape index (κ3) is 5.87. The van der Waals surface area contributed by atoms with Gasteiger partial charge in [0.25, 0.3) is 0 Å². The van der Waals surface area contributed by atoms with Crippen molar-refractivity contribution < 1.29 is 52.0 Å². The Morgan fingerprint density at radius 1 is 1.07 bits per heavy atom. The molecular formula is C23H26N6O11P2. The fourth-order valence-corrected chi connectivity index (χ4v) is 6.57. The molecule has 0 spiro atoms. The Morgan fingerprint density at radius 2 is 1.79 bits per heavy atom. The lowest BCUT2D eigenvalue weighted by atomic mass is 10.0. The second-order valence-electron chi connectivity index (χ2n) is 9.40. The highest BCUT2D eigenvalue weighted by Gasteiger charge is 2.47. The molecule has 0 amide bonds. The van der Waals surface area contributed by atoms with Gasteiger partial charge in [-0.15, -0.1) is 0 Å². The molecule has 5 rings (SSSR count). The number of hydrogen-bond donors (Lipinski definition) is 5. The van der Waals surface area contributed by atoms with E-state index in [4.69, 9.17) is 19.5 Å². The number of anilines is 2. The van der Waals surface area contributed by atoms with E-state index in [9.17, 15) is 33.9 Å². The summed E-state index contributed by atoms with van der Waals surface area (Å²) in [5.74, 6) is -1.20. The maximum atomic E-state index is 13.4. The molecule has 1 unspecified atom stereocenters. The van der Waals surface area contributed by atoms with Crippen LogP contribution in [0.4, 0.5) is 11.5 Å². The van der Waals surface area contributed by atoms with Crippen LogP contribution in [-0.4, -0.2) is 84.5 Å². The Bertz CT molecular complexity index is 1740. The Kier molecular flexibility index (Phi) is 8.06. The van der Waals surface area contributed by atoms with Gasteiger partial charge in [0.15, 0.2) is 17.7 Å². The number of hydrogen-bond acceptors (Lipinski definition) is 14. The van der Waals surface area contributed by atoms with Crippen LogP contribution in [0.3, 0.4) is 0 Å². The molecule has 224 valence electrons. The summed E-state index contributed by atoms with van der Waals surface area (Å²) in [7, 11) is -7.29. The van der Waals surface area contributed by atoms with Crippen LogP contribution < -0.4 is 10.6 Å². The monoisotopic (exact) mass is 624 g/mol. The first-order chi connectivity index (χ1) is 19.8. The van der Waals surface area contributed by atoms with Crippen LogP contribution >= 0.6 is 15.6 Å². The Hall–Kier alpha value is -3.50. The number of carbonyl (C=O) groups excluding carboxylic acids is 1. The summed E-state index contributed by atoms with van der Waals surface area (Å²) in [6.07, 6.45) is -3.55. The minimum atomic E-state index is -5.54. The number of phosphoric ester groups is 1. The van der Waals surface area contributed by atoms with Gasteiger partial charge in [0.2, 0.25) is 0 Å². The smallest absolute Gasteiger partial charge is 0.387 e. The average molecular weight is 624 g/mol. The highest BCUT2D eigenvalue weighted by Crippen LogP contribution is 2.61. The number of carbonyl (C=O) groups is 1. The average Bonchev–Trinajstić information content (AvgIpc) is 3.47. The molecule has 5 atom stereocenters. The number of rotatable bonds is 9. The molecule has 19 heteroatoms. The maximum absolute atomic E-state index is 13.4. The predicted octanol–water partition coefficient (Wildman–Crippen LogP) is 1.34. The fraction of sp³-hybridized carbons (Fsp3) is 0.304. The number of aromatic nitrogens is 4. The molecule has 0 aliphatic carbocycles. The lowest BCUT2D eigenvalue weighted by molar-refractivity contribution is -0.0507. The predicted molar refractivity (Wildman–Crippen MR) is 146 cm³/mol. The number of aliphatic hydroxyl groups excluding tert-OH is 2. The molecule has 0 radical (unpaired) electrons. The largest absolute Gasteiger partial charge is 0.541 e. The molecule has 1 saturated heterocycles. The second kappa shape index (κ2) is 11.3.